The summed E-state index contributed by atoms with van der Waals surface area (Å²) >= 11 is 0. The molecule has 0 aliphatic heterocycles. The molecule has 0 heterocycles. The van der Waals surface area contributed by atoms with Gasteiger partial charge in [0.15, 0.2) is 0 Å². The summed E-state index contributed by atoms with van der Waals surface area (Å²) in [5.41, 5.74) is -2.42. The molecule has 0 radical (unpaired) electrons. The molecular formula is C27H48O4. The Kier molecular flexibility index (Phi) is 12.5. The van der Waals surface area contributed by atoms with Gasteiger partial charge in [0, 0.05) is 0 Å². The van der Waals surface area contributed by atoms with Crippen molar-refractivity contribution in [2.75, 3.05) is 0 Å². The van der Waals surface area contributed by atoms with Gasteiger partial charge in [0.25, 0.3) is 0 Å². The molecule has 180 valence electrons. The number of aliphatic carboxylic acids is 2. The molecule has 0 aromatic carbocycles. The van der Waals surface area contributed by atoms with Gasteiger partial charge in [0.2, 0.25) is 0 Å². The van der Waals surface area contributed by atoms with E-state index >= 15 is 0 Å². The van der Waals surface area contributed by atoms with Gasteiger partial charge in [0.1, 0.15) is 0 Å². The van der Waals surface area contributed by atoms with Crippen LogP contribution in [-0.2, 0) is 9.59 Å². The zero-order valence-corrected chi connectivity index (χ0v) is 20.6. The van der Waals surface area contributed by atoms with Gasteiger partial charge in [0.05, 0.1) is 10.8 Å². The van der Waals surface area contributed by atoms with Crippen LogP contribution in [0.25, 0.3) is 0 Å². The van der Waals surface area contributed by atoms with Gasteiger partial charge >= 0.3 is 11.9 Å². The standard InChI is InChI=1S/C27H48O4/c1-22(2)18-14-12-10-8-6-5-7-9-11-13-15-19-26(24(28)29)20-16-17-21-27(26,23(3)4)25(30)31/h16-17,22-23H,5-15,18-21H2,1-4H3,(H,28,29)(H,30,31). The number of allylic oxidation sites excluding steroid dienone is 2. The van der Waals surface area contributed by atoms with Crippen LogP contribution < -0.4 is 0 Å². The van der Waals surface area contributed by atoms with E-state index in [4.69, 9.17) is 0 Å². The fraction of sp³-hybridized carbons (Fsp3) is 0.852. The van der Waals surface area contributed by atoms with Gasteiger partial charge in [-0.1, -0.05) is 117 Å². The molecule has 0 aromatic heterocycles. The van der Waals surface area contributed by atoms with Gasteiger partial charge < -0.3 is 10.2 Å². The molecule has 4 heteroatoms. The third-order valence-corrected chi connectivity index (χ3v) is 7.59. The van der Waals surface area contributed by atoms with Crippen molar-refractivity contribution in [3.8, 4) is 0 Å². The van der Waals surface area contributed by atoms with Crippen molar-refractivity contribution >= 4 is 11.9 Å². The Morgan fingerprint density at radius 2 is 1.16 bits per heavy atom. The molecule has 1 rings (SSSR count). The lowest BCUT2D eigenvalue weighted by atomic mass is 9.51. The molecule has 0 spiro atoms. The smallest absolute Gasteiger partial charge is 0.311 e. The van der Waals surface area contributed by atoms with Crippen molar-refractivity contribution in [1.82, 2.24) is 0 Å². The number of carbonyl (C=O) groups is 2. The number of carboxylic acids is 2. The molecule has 0 fully saturated rings. The minimum atomic E-state index is -1.22. The van der Waals surface area contributed by atoms with Crippen LogP contribution >= 0.6 is 0 Å². The SMILES string of the molecule is CC(C)CCCCCCCCCCCCCC1(C(=O)O)CC=CCC1(C(=O)O)C(C)C. The maximum absolute atomic E-state index is 12.4. The van der Waals surface area contributed by atoms with Gasteiger partial charge in [-0.3, -0.25) is 9.59 Å². The molecule has 0 saturated heterocycles. The van der Waals surface area contributed by atoms with Crippen LogP contribution in [0.2, 0.25) is 0 Å². The Morgan fingerprint density at radius 3 is 1.58 bits per heavy atom. The average Bonchev–Trinajstić information content (AvgIpc) is 2.70. The van der Waals surface area contributed by atoms with E-state index in [-0.39, 0.29) is 5.92 Å². The molecule has 2 N–H and O–H groups in total. The maximum atomic E-state index is 12.4. The molecule has 0 amide bonds. The highest BCUT2D eigenvalue weighted by atomic mass is 16.4. The van der Waals surface area contributed by atoms with Crippen molar-refractivity contribution in [1.29, 1.82) is 0 Å². The minimum absolute atomic E-state index is 0.226. The van der Waals surface area contributed by atoms with Crippen LogP contribution in [0.3, 0.4) is 0 Å². The average molecular weight is 437 g/mol. The molecule has 0 bridgehead atoms. The Hall–Kier alpha value is -1.32. The normalized spacial score (nSPS) is 23.5. The molecule has 0 saturated carbocycles. The van der Waals surface area contributed by atoms with Gasteiger partial charge in [-0.15, -0.1) is 0 Å². The first-order chi connectivity index (χ1) is 14.7. The van der Waals surface area contributed by atoms with Crippen LogP contribution in [0.1, 0.15) is 124 Å². The lowest BCUT2D eigenvalue weighted by molar-refractivity contribution is -0.181. The molecular weight excluding hydrogens is 388 g/mol. The Morgan fingerprint density at radius 1 is 0.710 bits per heavy atom. The highest BCUT2D eigenvalue weighted by Crippen LogP contribution is 2.56. The predicted octanol–water partition coefficient (Wildman–Crippen LogP) is 7.86. The van der Waals surface area contributed by atoms with Crippen molar-refractivity contribution in [3.63, 3.8) is 0 Å². The largest absolute Gasteiger partial charge is 0.481 e. The third kappa shape index (κ3) is 7.64. The van der Waals surface area contributed by atoms with Crippen LogP contribution in [0.5, 0.6) is 0 Å². The predicted molar refractivity (Wildman–Crippen MR) is 128 cm³/mol. The molecule has 31 heavy (non-hydrogen) atoms. The summed E-state index contributed by atoms with van der Waals surface area (Å²) < 4.78 is 0. The summed E-state index contributed by atoms with van der Waals surface area (Å²) in [5, 5.41) is 20.2. The van der Waals surface area contributed by atoms with Crippen molar-refractivity contribution in [2.24, 2.45) is 22.7 Å². The Balaban J connectivity index is 2.34. The van der Waals surface area contributed by atoms with Crippen LogP contribution in [-0.4, -0.2) is 22.2 Å². The van der Waals surface area contributed by atoms with E-state index in [0.29, 0.717) is 19.3 Å². The zero-order chi connectivity index (χ0) is 23.3. The van der Waals surface area contributed by atoms with E-state index < -0.39 is 22.8 Å². The van der Waals surface area contributed by atoms with E-state index in [2.05, 4.69) is 13.8 Å². The highest BCUT2D eigenvalue weighted by molar-refractivity contribution is 5.87. The van der Waals surface area contributed by atoms with Gasteiger partial charge in [-0.05, 0) is 31.1 Å². The highest BCUT2D eigenvalue weighted by Gasteiger charge is 2.62. The first-order valence-corrected chi connectivity index (χ1v) is 12.8. The summed E-state index contributed by atoms with van der Waals surface area (Å²) in [6, 6.07) is 0. The molecule has 4 nitrogen and oxygen atoms in total. The lowest BCUT2D eigenvalue weighted by Crippen LogP contribution is -2.56. The first kappa shape index (κ1) is 27.7. The fourth-order valence-corrected chi connectivity index (χ4v) is 5.54. The zero-order valence-electron chi connectivity index (χ0n) is 20.6. The summed E-state index contributed by atoms with van der Waals surface area (Å²) in [6.45, 7) is 8.30. The van der Waals surface area contributed by atoms with Crippen LogP contribution in [0, 0.1) is 22.7 Å². The number of hydrogen-bond donors (Lipinski definition) is 2. The molecule has 2 unspecified atom stereocenters. The van der Waals surface area contributed by atoms with E-state index in [1.807, 2.05) is 26.0 Å². The summed E-state index contributed by atoms with van der Waals surface area (Å²) in [5.74, 6) is -1.30. The maximum Gasteiger partial charge on any atom is 0.311 e. The number of carboxylic acid groups (broad SMARTS) is 2. The summed E-state index contributed by atoms with van der Waals surface area (Å²) in [7, 11) is 0. The topological polar surface area (TPSA) is 74.6 Å². The second-order valence-corrected chi connectivity index (χ2v) is 10.5. The van der Waals surface area contributed by atoms with E-state index in [1.54, 1.807) is 0 Å². The Bertz CT molecular complexity index is 566. The third-order valence-electron chi connectivity index (χ3n) is 7.59. The minimum Gasteiger partial charge on any atom is -0.481 e. The molecule has 1 aliphatic carbocycles. The van der Waals surface area contributed by atoms with Crippen molar-refractivity contribution < 1.29 is 19.8 Å². The van der Waals surface area contributed by atoms with E-state index in [0.717, 1.165) is 25.2 Å². The van der Waals surface area contributed by atoms with Crippen LogP contribution in [0.4, 0.5) is 0 Å². The Labute approximate surface area is 190 Å². The van der Waals surface area contributed by atoms with Crippen molar-refractivity contribution in [3.05, 3.63) is 12.2 Å². The fourth-order valence-electron chi connectivity index (χ4n) is 5.54. The number of rotatable bonds is 17. The monoisotopic (exact) mass is 436 g/mol. The quantitative estimate of drug-likeness (QED) is 0.180. The van der Waals surface area contributed by atoms with E-state index in [1.165, 1.54) is 57.8 Å². The van der Waals surface area contributed by atoms with Gasteiger partial charge in [-0.2, -0.15) is 0 Å². The first-order valence-electron chi connectivity index (χ1n) is 12.8. The number of hydrogen-bond acceptors (Lipinski definition) is 2. The molecule has 2 atom stereocenters. The summed E-state index contributed by atoms with van der Waals surface area (Å²) in [4.78, 5) is 24.7. The number of unbranched alkanes of at least 4 members (excludes halogenated alkanes) is 10. The summed E-state index contributed by atoms with van der Waals surface area (Å²) in [6.07, 6.45) is 19.6. The second kappa shape index (κ2) is 14.0. The lowest BCUT2D eigenvalue weighted by Gasteiger charge is -2.49. The molecule has 0 aromatic rings. The van der Waals surface area contributed by atoms with Crippen LogP contribution in [0.15, 0.2) is 12.2 Å². The van der Waals surface area contributed by atoms with Gasteiger partial charge in [-0.25, -0.2) is 0 Å². The van der Waals surface area contributed by atoms with E-state index in [9.17, 15) is 19.8 Å². The van der Waals surface area contributed by atoms with Crippen molar-refractivity contribution in [2.45, 2.75) is 124 Å². The second-order valence-electron chi connectivity index (χ2n) is 10.5. The molecule has 1 aliphatic rings.